The molecule has 0 aliphatic heterocycles. The fourth-order valence-electron chi connectivity index (χ4n) is 3.29. The first kappa shape index (κ1) is 20.4. The largest absolute Gasteiger partial charge is 0.379 e. The zero-order valence-corrected chi connectivity index (χ0v) is 16.3. The second-order valence-electron chi connectivity index (χ2n) is 7.20. The summed E-state index contributed by atoms with van der Waals surface area (Å²) in [4.78, 5) is 24.2. The van der Waals surface area contributed by atoms with Crippen molar-refractivity contribution in [2.45, 2.75) is 71.4 Å². The molecule has 0 saturated heterocycles. The van der Waals surface area contributed by atoms with Crippen molar-refractivity contribution in [3.8, 4) is 0 Å². The van der Waals surface area contributed by atoms with Gasteiger partial charge in [-0.2, -0.15) is 0 Å². The van der Waals surface area contributed by atoms with Crippen LogP contribution in [-0.4, -0.2) is 31.1 Å². The van der Waals surface area contributed by atoms with Crippen LogP contribution in [0.1, 0.15) is 69.2 Å². The van der Waals surface area contributed by atoms with Crippen LogP contribution in [0.15, 0.2) is 18.2 Å². The predicted octanol–water partition coefficient (Wildman–Crippen LogP) is 3.06. The maximum absolute atomic E-state index is 12.2. The third-order valence-electron chi connectivity index (χ3n) is 4.75. The van der Waals surface area contributed by atoms with Crippen molar-refractivity contribution in [2.75, 3.05) is 13.2 Å². The summed E-state index contributed by atoms with van der Waals surface area (Å²) in [5.41, 5.74) is 3.89. The fourth-order valence-corrected chi connectivity index (χ4v) is 3.29. The van der Waals surface area contributed by atoms with Crippen LogP contribution in [0, 0.1) is 0 Å². The van der Waals surface area contributed by atoms with Gasteiger partial charge in [0.15, 0.2) is 0 Å². The summed E-state index contributed by atoms with van der Waals surface area (Å²) in [5.74, 6) is -1.15. The van der Waals surface area contributed by atoms with Crippen molar-refractivity contribution < 1.29 is 14.3 Å². The molecule has 1 aromatic carbocycles. The SMILES string of the molecule is CCC(NC(=O)C(=O)NCCCOC(C)C)c1ccc2c(c1)CCCC2. The summed E-state index contributed by atoms with van der Waals surface area (Å²) in [6, 6.07) is 6.32. The Hall–Kier alpha value is -1.88. The minimum absolute atomic E-state index is 0.134. The predicted molar refractivity (Wildman–Crippen MR) is 103 cm³/mol. The van der Waals surface area contributed by atoms with E-state index in [9.17, 15) is 9.59 Å². The third kappa shape index (κ3) is 6.13. The lowest BCUT2D eigenvalue weighted by Crippen LogP contribution is -2.42. The number of hydrogen-bond donors (Lipinski definition) is 2. The molecule has 144 valence electrons. The van der Waals surface area contributed by atoms with Crippen LogP contribution in [0.5, 0.6) is 0 Å². The summed E-state index contributed by atoms with van der Waals surface area (Å²) in [7, 11) is 0. The van der Waals surface area contributed by atoms with Crippen molar-refractivity contribution in [3.63, 3.8) is 0 Å². The Bertz CT molecular complexity index is 613. The highest BCUT2D eigenvalue weighted by molar-refractivity contribution is 6.35. The molecule has 5 heteroatoms. The quantitative estimate of drug-likeness (QED) is 0.553. The summed E-state index contributed by atoms with van der Waals surface area (Å²) in [6.45, 7) is 6.97. The number of benzene rings is 1. The van der Waals surface area contributed by atoms with Crippen molar-refractivity contribution >= 4 is 11.8 Å². The summed E-state index contributed by atoms with van der Waals surface area (Å²) in [5, 5.41) is 5.52. The van der Waals surface area contributed by atoms with E-state index in [4.69, 9.17) is 4.74 Å². The number of carbonyl (C=O) groups excluding carboxylic acids is 2. The Labute approximate surface area is 156 Å². The van der Waals surface area contributed by atoms with E-state index in [1.54, 1.807) is 0 Å². The molecule has 2 N–H and O–H groups in total. The maximum atomic E-state index is 12.2. The van der Waals surface area contributed by atoms with E-state index < -0.39 is 11.8 Å². The Morgan fingerprint density at radius 3 is 2.54 bits per heavy atom. The maximum Gasteiger partial charge on any atom is 0.309 e. The van der Waals surface area contributed by atoms with E-state index in [0.717, 1.165) is 24.8 Å². The highest BCUT2D eigenvalue weighted by atomic mass is 16.5. The Morgan fingerprint density at radius 2 is 1.85 bits per heavy atom. The van der Waals surface area contributed by atoms with E-state index in [0.29, 0.717) is 19.6 Å². The molecule has 0 fully saturated rings. The van der Waals surface area contributed by atoms with Gasteiger partial charge in [-0.3, -0.25) is 9.59 Å². The highest BCUT2D eigenvalue weighted by Crippen LogP contribution is 2.26. The number of aryl methyl sites for hydroxylation is 2. The molecule has 1 aliphatic rings. The minimum atomic E-state index is -0.578. The number of ether oxygens (including phenoxy) is 1. The van der Waals surface area contributed by atoms with Gasteiger partial charge in [0.2, 0.25) is 0 Å². The Balaban J connectivity index is 1.84. The van der Waals surface area contributed by atoms with E-state index in [2.05, 4.69) is 28.8 Å². The average Bonchev–Trinajstić information content (AvgIpc) is 2.64. The smallest absolute Gasteiger partial charge is 0.309 e. The lowest BCUT2D eigenvalue weighted by Gasteiger charge is -2.21. The van der Waals surface area contributed by atoms with Crippen LogP contribution in [0.25, 0.3) is 0 Å². The van der Waals surface area contributed by atoms with E-state index in [-0.39, 0.29) is 12.1 Å². The average molecular weight is 360 g/mol. The zero-order valence-electron chi connectivity index (χ0n) is 16.3. The molecule has 0 radical (unpaired) electrons. The van der Waals surface area contributed by atoms with E-state index in [1.165, 1.54) is 24.0 Å². The van der Waals surface area contributed by atoms with Gasteiger partial charge in [0, 0.05) is 13.2 Å². The van der Waals surface area contributed by atoms with Gasteiger partial charge in [-0.1, -0.05) is 25.1 Å². The molecule has 26 heavy (non-hydrogen) atoms. The lowest BCUT2D eigenvalue weighted by atomic mass is 9.89. The van der Waals surface area contributed by atoms with Crippen molar-refractivity contribution in [1.82, 2.24) is 10.6 Å². The lowest BCUT2D eigenvalue weighted by molar-refractivity contribution is -0.139. The van der Waals surface area contributed by atoms with Crippen LogP contribution >= 0.6 is 0 Å². The van der Waals surface area contributed by atoms with Crippen molar-refractivity contribution in [3.05, 3.63) is 34.9 Å². The molecule has 0 aromatic heterocycles. The standard InChI is InChI=1S/C21H32N2O3/c1-4-19(18-11-10-16-8-5-6-9-17(16)14-18)23-21(25)20(24)22-12-7-13-26-15(2)3/h10-11,14-15,19H,4-9,12-13H2,1-3H3,(H,22,24)(H,23,25). The first-order valence-corrected chi connectivity index (χ1v) is 9.83. The third-order valence-corrected chi connectivity index (χ3v) is 4.75. The number of amides is 2. The van der Waals surface area contributed by atoms with Gasteiger partial charge >= 0.3 is 11.8 Å². The number of rotatable bonds is 8. The van der Waals surface area contributed by atoms with E-state index in [1.807, 2.05) is 20.8 Å². The first-order chi connectivity index (χ1) is 12.5. The minimum Gasteiger partial charge on any atom is -0.379 e. The van der Waals surface area contributed by atoms with Gasteiger partial charge in [0.1, 0.15) is 0 Å². The second-order valence-corrected chi connectivity index (χ2v) is 7.20. The van der Waals surface area contributed by atoms with Gasteiger partial charge in [-0.25, -0.2) is 0 Å². The molecule has 1 unspecified atom stereocenters. The summed E-state index contributed by atoms with van der Waals surface area (Å²) >= 11 is 0. The summed E-state index contributed by atoms with van der Waals surface area (Å²) in [6.07, 6.45) is 6.34. The van der Waals surface area contributed by atoms with Crippen LogP contribution in [0.3, 0.4) is 0 Å². The van der Waals surface area contributed by atoms with Gasteiger partial charge in [0.05, 0.1) is 12.1 Å². The number of hydrogen-bond acceptors (Lipinski definition) is 3. The first-order valence-electron chi connectivity index (χ1n) is 9.83. The Kier molecular flexibility index (Phi) is 8.10. The normalized spacial score (nSPS) is 14.6. The molecule has 1 aliphatic carbocycles. The molecule has 2 rings (SSSR count). The molecule has 0 spiro atoms. The van der Waals surface area contributed by atoms with Gasteiger partial charge in [-0.15, -0.1) is 0 Å². The van der Waals surface area contributed by atoms with Crippen LogP contribution < -0.4 is 10.6 Å². The molecule has 0 bridgehead atoms. The molecule has 0 saturated carbocycles. The Morgan fingerprint density at radius 1 is 1.12 bits per heavy atom. The van der Waals surface area contributed by atoms with Crippen LogP contribution in [0.2, 0.25) is 0 Å². The molecular formula is C21H32N2O3. The molecule has 2 amide bonds. The molecular weight excluding hydrogens is 328 g/mol. The molecule has 1 atom stereocenters. The number of nitrogens with one attached hydrogen (secondary N) is 2. The number of carbonyl (C=O) groups is 2. The van der Waals surface area contributed by atoms with Crippen molar-refractivity contribution in [1.29, 1.82) is 0 Å². The monoisotopic (exact) mass is 360 g/mol. The molecule has 0 heterocycles. The zero-order chi connectivity index (χ0) is 18.9. The van der Waals surface area contributed by atoms with E-state index >= 15 is 0 Å². The number of fused-ring (bicyclic) bond motifs is 1. The van der Waals surface area contributed by atoms with Crippen LogP contribution in [0.4, 0.5) is 0 Å². The molecule has 5 nitrogen and oxygen atoms in total. The molecule has 1 aromatic rings. The second kappa shape index (κ2) is 10.3. The highest BCUT2D eigenvalue weighted by Gasteiger charge is 2.20. The van der Waals surface area contributed by atoms with Crippen LogP contribution in [-0.2, 0) is 27.2 Å². The van der Waals surface area contributed by atoms with Gasteiger partial charge in [-0.05, 0) is 69.1 Å². The summed E-state index contributed by atoms with van der Waals surface area (Å²) < 4.78 is 5.42. The van der Waals surface area contributed by atoms with Gasteiger partial charge < -0.3 is 15.4 Å². The van der Waals surface area contributed by atoms with Crippen molar-refractivity contribution in [2.24, 2.45) is 0 Å². The fraction of sp³-hybridized carbons (Fsp3) is 0.619. The topological polar surface area (TPSA) is 67.4 Å². The van der Waals surface area contributed by atoms with Gasteiger partial charge in [0.25, 0.3) is 0 Å².